The summed E-state index contributed by atoms with van der Waals surface area (Å²) in [4.78, 5) is 38.5. The number of benzene rings is 4. The summed E-state index contributed by atoms with van der Waals surface area (Å²) >= 11 is 3.40. The molecule has 0 atom stereocenters. The number of esters is 1. The van der Waals surface area contributed by atoms with Gasteiger partial charge in [-0.05, 0) is 92.7 Å². The summed E-state index contributed by atoms with van der Waals surface area (Å²) in [6.07, 6.45) is 1.37. The zero-order valence-corrected chi connectivity index (χ0v) is 25.8. The number of methoxy groups -OCH3 is 1. The molecule has 0 saturated heterocycles. The molecule has 0 aliphatic rings. The minimum atomic E-state index is -0.563. The second-order valence-corrected chi connectivity index (χ2v) is 9.98. The lowest BCUT2D eigenvalue weighted by Crippen LogP contribution is -2.18. The van der Waals surface area contributed by atoms with E-state index in [1.807, 2.05) is 13.8 Å². The molecule has 4 rings (SSSR count). The molecule has 44 heavy (non-hydrogen) atoms. The van der Waals surface area contributed by atoms with Gasteiger partial charge < -0.3 is 24.3 Å². The molecule has 4 aromatic carbocycles. The Labute approximate surface area is 263 Å². The van der Waals surface area contributed by atoms with Crippen LogP contribution in [-0.2, 0) is 0 Å². The van der Waals surface area contributed by atoms with Crippen LogP contribution in [0.5, 0.6) is 23.0 Å². The van der Waals surface area contributed by atoms with E-state index in [-0.39, 0.29) is 17.2 Å². The molecule has 0 bridgehead atoms. The van der Waals surface area contributed by atoms with Crippen LogP contribution in [0.4, 0.5) is 5.69 Å². The van der Waals surface area contributed by atoms with Gasteiger partial charge >= 0.3 is 5.97 Å². The Morgan fingerprint density at radius 1 is 0.773 bits per heavy atom. The highest BCUT2D eigenvalue weighted by Crippen LogP contribution is 2.29. The predicted molar refractivity (Wildman–Crippen MR) is 170 cm³/mol. The van der Waals surface area contributed by atoms with Gasteiger partial charge in [0.05, 0.1) is 32.1 Å². The number of carbonyl (C=O) groups is 3. The number of ether oxygens (including phenoxy) is 4. The van der Waals surface area contributed by atoms with Crippen molar-refractivity contribution in [2.75, 3.05) is 25.6 Å². The van der Waals surface area contributed by atoms with E-state index in [2.05, 4.69) is 31.8 Å². The fourth-order valence-corrected chi connectivity index (χ4v) is 4.34. The molecule has 2 amide bonds. The van der Waals surface area contributed by atoms with Crippen molar-refractivity contribution in [3.05, 3.63) is 112 Å². The lowest BCUT2D eigenvalue weighted by Gasteiger charge is -2.12. The van der Waals surface area contributed by atoms with Crippen LogP contribution in [-0.4, -0.2) is 44.3 Å². The number of nitrogens with one attached hydrogen (secondary N) is 2. The van der Waals surface area contributed by atoms with E-state index in [0.29, 0.717) is 52.8 Å². The van der Waals surface area contributed by atoms with Crippen LogP contribution < -0.4 is 29.7 Å². The second-order valence-electron chi connectivity index (χ2n) is 9.06. The lowest BCUT2D eigenvalue weighted by atomic mass is 10.1. The topological polar surface area (TPSA) is 125 Å². The molecule has 0 spiro atoms. The van der Waals surface area contributed by atoms with Gasteiger partial charge in [-0.15, -0.1) is 0 Å². The van der Waals surface area contributed by atoms with Gasteiger partial charge in [-0.2, -0.15) is 5.10 Å². The Hall–Kier alpha value is -5.16. The quantitative estimate of drug-likeness (QED) is 0.0771. The van der Waals surface area contributed by atoms with Gasteiger partial charge in [0, 0.05) is 26.9 Å². The summed E-state index contributed by atoms with van der Waals surface area (Å²) in [6.45, 7) is 4.60. The van der Waals surface area contributed by atoms with Gasteiger partial charge in [-0.1, -0.05) is 22.0 Å². The van der Waals surface area contributed by atoms with E-state index in [0.717, 1.165) is 4.47 Å². The molecule has 0 heterocycles. The number of amides is 2. The van der Waals surface area contributed by atoms with Crippen molar-refractivity contribution >= 4 is 45.6 Å². The zero-order valence-electron chi connectivity index (χ0n) is 24.3. The third-order valence-electron chi connectivity index (χ3n) is 6.06. The highest BCUT2D eigenvalue weighted by atomic mass is 79.9. The maximum Gasteiger partial charge on any atom is 0.343 e. The Balaban J connectivity index is 1.42. The largest absolute Gasteiger partial charge is 0.497 e. The van der Waals surface area contributed by atoms with Crippen molar-refractivity contribution in [3.8, 4) is 23.0 Å². The lowest BCUT2D eigenvalue weighted by molar-refractivity contribution is 0.0733. The maximum absolute atomic E-state index is 12.9. The van der Waals surface area contributed by atoms with Crippen LogP contribution in [0.15, 0.2) is 94.5 Å². The van der Waals surface area contributed by atoms with Crippen molar-refractivity contribution < 1.29 is 33.3 Å². The van der Waals surface area contributed by atoms with Gasteiger partial charge in [-0.3, -0.25) is 9.59 Å². The van der Waals surface area contributed by atoms with E-state index in [1.54, 1.807) is 78.9 Å². The summed E-state index contributed by atoms with van der Waals surface area (Å²) in [5.41, 5.74) is 4.30. The maximum atomic E-state index is 12.9. The second kappa shape index (κ2) is 15.4. The number of halogens is 1. The Morgan fingerprint density at radius 3 is 2.18 bits per heavy atom. The van der Waals surface area contributed by atoms with Crippen molar-refractivity contribution in [2.24, 2.45) is 5.10 Å². The number of hydrogen-bond acceptors (Lipinski definition) is 8. The number of nitrogens with zero attached hydrogens (tertiary/aromatic N) is 1. The molecular weight excluding hydrogens is 630 g/mol. The standard InChI is InChI=1S/C33H30BrN3O7/c1-4-42-29-15-11-23(19-30(29)43-5-2)31(38)36-26-8-6-7-22(18-26)32(39)37-35-20-24-17-25(34)12-16-28(24)44-33(40)21-9-13-27(41-3)14-10-21/h6-20H,4-5H2,1-3H3,(H,36,38)(H,37,39). The summed E-state index contributed by atoms with van der Waals surface area (Å²) in [5.74, 6) is 0.433. The van der Waals surface area contributed by atoms with Crippen molar-refractivity contribution in [1.82, 2.24) is 5.43 Å². The Morgan fingerprint density at radius 2 is 1.45 bits per heavy atom. The van der Waals surface area contributed by atoms with Crippen molar-refractivity contribution in [1.29, 1.82) is 0 Å². The van der Waals surface area contributed by atoms with Gasteiger partial charge in [-0.25, -0.2) is 10.2 Å². The Kier molecular flexibility index (Phi) is 11.1. The molecule has 11 heteroatoms. The normalized spacial score (nSPS) is 10.6. The number of hydrazone groups is 1. The van der Waals surface area contributed by atoms with E-state index in [9.17, 15) is 14.4 Å². The average Bonchev–Trinajstić information content (AvgIpc) is 3.03. The monoisotopic (exact) mass is 659 g/mol. The first-order valence-electron chi connectivity index (χ1n) is 13.6. The molecule has 0 aromatic heterocycles. The molecule has 0 unspecified atom stereocenters. The molecule has 0 radical (unpaired) electrons. The van der Waals surface area contributed by atoms with Crippen LogP contribution in [0.2, 0.25) is 0 Å². The highest BCUT2D eigenvalue weighted by molar-refractivity contribution is 9.10. The minimum absolute atomic E-state index is 0.249. The average molecular weight is 661 g/mol. The molecule has 0 aliphatic heterocycles. The molecule has 0 fully saturated rings. The summed E-state index contributed by atoms with van der Waals surface area (Å²) < 4.78 is 22.6. The number of anilines is 1. The van der Waals surface area contributed by atoms with E-state index in [1.165, 1.54) is 19.4 Å². The first kappa shape index (κ1) is 31.8. The van der Waals surface area contributed by atoms with E-state index < -0.39 is 11.9 Å². The van der Waals surface area contributed by atoms with Crippen LogP contribution >= 0.6 is 15.9 Å². The van der Waals surface area contributed by atoms with Crippen LogP contribution in [0.1, 0.15) is 50.5 Å². The van der Waals surface area contributed by atoms with E-state index >= 15 is 0 Å². The van der Waals surface area contributed by atoms with Crippen molar-refractivity contribution in [3.63, 3.8) is 0 Å². The van der Waals surface area contributed by atoms with Gasteiger partial charge in [0.1, 0.15) is 11.5 Å². The number of rotatable bonds is 12. The SMILES string of the molecule is CCOc1ccc(C(=O)Nc2cccc(C(=O)NN=Cc3cc(Br)ccc3OC(=O)c3ccc(OC)cc3)c2)cc1OCC. The first-order chi connectivity index (χ1) is 21.3. The number of hydrogen-bond donors (Lipinski definition) is 2. The highest BCUT2D eigenvalue weighted by Gasteiger charge is 2.14. The van der Waals surface area contributed by atoms with Crippen LogP contribution in [0.25, 0.3) is 0 Å². The minimum Gasteiger partial charge on any atom is -0.497 e. The van der Waals surface area contributed by atoms with Crippen LogP contribution in [0.3, 0.4) is 0 Å². The van der Waals surface area contributed by atoms with Gasteiger partial charge in [0.2, 0.25) is 0 Å². The molecule has 0 aliphatic carbocycles. The number of carbonyl (C=O) groups excluding carboxylic acids is 3. The van der Waals surface area contributed by atoms with Gasteiger partial charge in [0.25, 0.3) is 11.8 Å². The first-order valence-corrected chi connectivity index (χ1v) is 14.4. The van der Waals surface area contributed by atoms with Crippen molar-refractivity contribution in [2.45, 2.75) is 13.8 Å². The summed E-state index contributed by atoms with van der Waals surface area (Å²) in [5, 5.41) is 6.84. The smallest absolute Gasteiger partial charge is 0.343 e. The molecular formula is C33H30BrN3O7. The third kappa shape index (κ3) is 8.45. The predicted octanol–water partition coefficient (Wildman–Crippen LogP) is 6.49. The summed E-state index contributed by atoms with van der Waals surface area (Å²) in [6, 6.07) is 22.9. The molecule has 4 aromatic rings. The molecule has 0 saturated carbocycles. The van der Waals surface area contributed by atoms with E-state index in [4.69, 9.17) is 18.9 Å². The molecule has 10 nitrogen and oxygen atoms in total. The third-order valence-corrected chi connectivity index (χ3v) is 6.55. The zero-order chi connectivity index (χ0) is 31.5. The molecule has 2 N–H and O–H groups in total. The van der Waals surface area contributed by atoms with Crippen LogP contribution in [0, 0.1) is 0 Å². The Bertz CT molecular complexity index is 1670. The molecule has 226 valence electrons. The fourth-order valence-electron chi connectivity index (χ4n) is 3.96. The summed E-state index contributed by atoms with van der Waals surface area (Å²) in [7, 11) is 1.54. The van der Waals surface area contributed by atoms with Gasteiger partial charge in [0.15, 0.2) is 11.5 Å². The fraction of sp³-hybridized carbons (Fsp3) is 0.152.